The summed E-state index contributed by atoms with van der Waals surface area (Å²) in [6, 6.07) is 0.491. The molecule has 17 heavy (non-hydrogen) atoms. The van der Waals surface area contributed by atoms with Gasteiger partial charge in [0.2, 0.25) is 0 Å². The summed E-state index contributed by atoms with van der Waals surface area (Å²) in [6.07, 6.45) is 5.13. The van der Waals surface area contributed by atoms with E-state index in [-0.39, 0.29) is 0 Å². The summed E-state index contributed by atoms with van der Waals surface area (Å²) >= 11 is 0. The van der Waals surface area contributed by atoms with E-state index in [1.165, 1.54) is 12.1 Å². The smallest absolute Gasteiger partial charge is 0.0950 e. The average Bonchev–Trinajstić information content (AvgIpc) is 2.76. The van der Waals surface area contributed by atoms with Crippen molar-refractivity contribution in [2.75, 3.05) is 6.54 Å². The molecule has 0 saturated carbocycles. The van der Waals surface area contributed by atoms with Crippen LogP contribution in [0, 0.1) is 11.8 Å². The lowest BCUT2D eigenvalue weighted by Crippen LogP contribution is -2.23. The number of aromatic nitrogens is 2. The van der Waals surface area contributed by atoms with Crippen LogP contribution < -0.4 is 5.73 Å². The van der Waals surface area contributed by atoms with E-state index in [2.05, 4.69) is 44.2 Å². The molecule has 0 fully saturated rings. The minimum absolute atomic E-state index is 0.406. The van der Waals surface area contributed by atoms with Gasteiger partial charge in [0.25, 0.3) is 0 Å². The second kappa shape index (κ2) is 6.20. The van der Waals surface area contributed by atoms with Crippen molar-refractivity contribution in [3.8, 4) is 0 Å². The van der Waals surface area contributed by atoms with Gasteiger partial charge >= 0.3 is 0 Å². The van der Waals surface area contributed by atoms with Crippen LogP contribution in [-0.4, -0.2) is 16.1 Å². The van der Waals surface area contributed by atoms with Crippen molar-refractivity contribution in [3.63, 3.8) is 0 Å². The maximum absolute atomic E-state index is 5.90. The van der Waals surface area contributed by atoms with E-state index in [9.17, 15) is 0 Å². The molecule has 1 heterocycles. The van der Waals surface area contributed by atoms with Crippen molar-refractivity contribution >= 4 is 0 Å². The molecule has 0 aromatic carbocycles. The van der Waals surface area contributed by atoms with Crippen LogP contribution in [0.15, 0.2) is 12.5 Å². The summed E-state index contributed by atoms with van der Waals surface area (Å²) < 4.78 is 2.31. The van der Waals surface area contributed by atoms with Gasteiger partial charge in [0.1, 0.15) is 0 Å². The topological polar surface area (TPSA) is 43.8 Å². The third kappa shape index (κ3) is 3.09. The normalized spacial score (nSPS) is 17.1. The van der Waals surface area contributed by atoms with Crippen molar-refractivity contribution < 1.29 is 0 Å². The van der Waals surface area contributed by atoms with Crippen molar-refractivity contribution in [1.82, 2.24) is 9.55 Å². The highest BCUT2D eigenvalue weighted by atomic mass is 15.1. The number of nitrogens with two attached hydrogens (primary N) is 1. The van der Waals surface area contributed by atoms with Gasteiger partial charge in [-0.15, -0.1) is 0 Å². The number of nitrogens with zero attached hydrogens (tertiary/aromatic N) is 2. The highest BCUT2D eigenvalue weighted by Crippen LogP contribution is 2.28. The molecule has 0 spiro atoms. The molecule has 0 aliphatic rings. The van der Waals surface area contributed by atoms with Gasteiger partial charge in [0.05, 0.1) is 6.33 Å². The fourth-order valence-electron chi connectivity index (χ4n) is 2.29. The minimum Gasteiger partial charge on any atom is -0.331 e. The predicted molar refractivity (Wildman–Crippen MR) is 73.0 cm³/mol. The van der Waals surface area contributed by atoms with Crippen LogP contribution in [0.25, 0.3) is 0 Å². The second-order valence-electron chi connectivity index (χ2n) is 5.44. The molecule has 0 saturated heterocycles. The van der Waals surface area contributed by atoms with Gasteiger partial charge < -0.3 is 10.3 Å². The van der Waals surface area contributed by atoms with E-state index in [4.69, 9.17) is 5.73 Å². The Kier molecular flexibility index (Phi) is 5.19. The first-order chi connectivity index (χ1) is 8.02. The Bertz CT molecular complexity index is 330. The van der Waals surface area contributed by atoms with Gasteiger partial charge in [-0.3, -0.25) is 0 Å². The monoisotopic (exact) mass is 237 g/mol. The molecule has 0 bridgehead atoms. The van der Waals surface area contributed by atoms with Crippen LogP contribution in [0.1, 0.15) is 58.7 Å². The zero-order valence-electron chi connectivity index (χ0n) is 11.9. The lowest BCUT2D eigenvalue weighted by molar-refractivity contribution is 0.347. The molecule has 1 aromatic rings. The highest BCUT2D eigenvalue weighted by molar-refractivity contribution is 5.09. The van der Waals surface area contributed by atoms with Gasteiger partial charge in [-0.25, -0.2) is 4.98 Å². The molecule has 2 N–H and O–H groups in total. The van der Waals surface area contributed by atoms with Gasteiger partial charge in [0, 0.05) is 30.4 Å². The van der Waals surface area contributed by atoms with E-state index in [1.54, 1.807) is 0 Å². The number of hydrogen-bond donors (Lipinski definition) is 1. The molecule has 1 rings (SSSR count). The van der Waals surface area contributed by atoms with E-state index in [1.807, 2.05) is 12.5 Å². The molecule has 0 aliphatic heterocycles. The molecule has 98 valence electrons. The minimum atomic E-state index is 0.406. The van der Waals surface area contributed by atoms with Crippen LogP contribution in [-0.2, 0) is 0 Å². The highest BCUT2D eigenvalue weighted by Gasteiger charge is 2.22. The first-order valence-corrected chi connectivity index (χ1v) is 6.74. The third-order valence-corrected chi connectivity index (χ3v) is 4.04. The summed E-state index contributed by atoms with van der Waals surface area (Å²) in [5.41, 5.74) is 7.19. The molecule has 3 unspecified atom stereocenters. The van der Waals surface area contributed by atoms with Crippen LogP contribution in [0.2, 0.25) is 0 Å². The lowest BCUT2D eigenvalue weighted by atomic mass is 9.91. The maximum atomic E-state index is 5.90. The van der Waals surface area contributed by atoms with E-state index in [0.717, 1.165) is 0 Å². The Hall–Kier alpha value is -0.830. The Morgan fingerprint density at radius 1 is 1.29 bits per heavy atom. The van der Waals surface area contributed by atoms with Crippen LogP contribution in [0.3, 0.4) is 0 Å². The summed E-state index contributed by atoms with van der Waals surface area (Å²) in [4.78, 5) is 4.32. The van der Waals surface area contributed by atoms with Gasteiger partial charge in [-0.1, -0.05) is 34.1 Å². The van der Waals surface area contributed by atoms with Crippen molar-refractivity contribution in [2.24, 2.45) is 17.6 Å². The second-order valence-corrected chi connectivity index (χ2v) is 5.44. The lowest BCUT2D eigenvalue weighted by Gasteiger charge is -2.27. The third-order valence-electron chi connectivity index (χ3n) is 4.04. The van der Waals surface area contributed by atoms with Crippen LogP contribution in [0.5, 0.6) is 0 Å². The van der Waals surface area contributed by atoms with E-state index in [0.29, 0.717) is 30.3 Å². The average molecular weight is 237 g/mol. The van der Waals surface area contributed by atoms with E-state index >= 15 is 0 Å². The first-order valence-electron chi connectivity index (χ1n) is 6.74. The Morgan fingerprint density at radius 3 is 2.41 bits per heavy atom. The van der Waals surface area contributed by atoms with Crippen molar-refractivity contribution in [1.29, 1.82) is 0 Å². The van der Waals surface area contributed by atoms with Crippen molar-refractivity contribution in [3.05, 3.63) is 18.2 Å². The summed E-state index contributed by atoms with van der Waals surface area (Å²) in [5, 5.41) is 0. The van der Waals surface area contributed by atoms with Crippen molar-refractivity contribution in [2.45, 2.75) is 53.0 Å². The first kappa shape index (κ1) is 14.2. The Balaban J connectivity index is 2.99. The number of hydrogen-bond acceptors (Lipinski definition) is 2. The Morgan fingerprint density at radius 2 is 1.94 bits per heavy atom. The number of imidazole rings is 1. The zero-order chi connectivity index (χ0) is 13.0. The molecule has 0 aliphatic carbocycles. The molecule has 3 atom stereocenters. The summed E-state index contributed by atoms with van der Waals surface area (Å²) in [7, 11) is 0. The van der Waals surface area contributed by atoms with Gasteiger partial charge in [-0.2, -0.15) is 0 Å². The maximum Gasteiger partial charge on any atom is 0.0950 e. The quantitative estimate of drug-likeness (QED) is 0.825. The predicted octanol–water partition coefficient (Wildman–Crippen LogP) is 3.19. The molecule has 1 aromatic heterocycles. The molecule has 0 radical (unpaired) electrons. The Labute approximate surface area is 105 Å². The van der Waals surface area contributed by atoms with Gasteiger partial charge in [0.15, 0.2) is 0 Å². The molecular weight excluding hydrogens is 210 g/mol. The largest absolute Gasteiger partial charge is 0.331 e. The van der Waals surface area contributed by atoms with Gasteiger partial charge in [-0.05, 0) is 18.8 Å². The summed E-state index contributed by atoms with van der Waals surface area (Å²) in [6.45, 7) is 11.9. The van der Waals surface area contributed by atoms with Crippen LogP contribution in [0.4, 0.5) is 0 Å². The molecule has 0 amide bonds. The van der Waals surface area contributed by atoms with E-state index < -0.39 is 0 Å². The fraction of sp³-hybridized carbons (Fsp3) is 0.786. The zero-order valence-corrected chi connectivity index (χ0v) is 11.9. The standard InChI is InChI=1S/C14H27N3/c1-6-11(4)12(5)17-9-16-8-14(17)13(7-15)10(2)3/h8-13H,6-7,15H2,1-5H3. The fourth-order valence-corrected chi connectivity index (χ4v) is 2.29. The number of rotatable bonds is 6. The molecule has 3 nitrogen and oxygen atoms in total. The van der Waals surface area contributed by atoms with Crippen LogP contribution >= 0.6 is 0 Å². The molecule has 3 heteroatoms. The summed E-state index contributed by atoms with van der Waals surface area (Å²) in [5.74, 6) is 1.62. The molecular formula is C14H27N3. The SMILES string of the molecule is CCC(C)C(C)n1cncc1C(CN)C(C)C.